The van der Waals surface area contributed by atoms with E-state index in [1.807, 2.05) is 4.90 Å². The van der Waals surface area contributed by atoms with Gasteiger partial charge >= 0.3 is 6.18 Å². The number of fused-ring (bicyclic) bond motifs is 1. The van der Waals surface area contributed by atoms with Gasteiger partial charge in [0.05, 0.1) is 27.8 Å². The Labute approximate surface area is 263 Å². The van der Waals surface area contributed by atoms with E-state index in [-0.39, 0.29) is 46.8 Å². The molecule has 13 heteroatoms. The molecule has 44 heavy (non-hydrogen) atoms. The Morgan fingerprint density at radius 3 is 2.41 bits per heavy atom. The summed E-state index contributed by atoms with van der Waals surface area (Å²) in [5.41, 5.74) is 0.438. The van der Waals surface area contributed by atoms with Crippen molar-refractivity contribution in [2.45, 2.75) is 39.6 Å². The number of hydrogen-bond donors (Lipinski definition) is 3. The number of alkyl halides is 3. The zero-order valence-corrected chi connectivity index (χ0v) is 25.6. The van der Waals surface area contributed by atoms with E-state index in [1.54, 1.807) is 57.2 Å². The van der Waals surface area contributed by atoms with Gasteiger partial charge in [0, 0.05) is 41.7 Å². The van der Waals surface area contributed by atoms with E-state index in [9.17, 15) is 27.9 Å². The summed E-state index contributed by atoms with van der Waals surface area (Å²) in [5, 5.41) is 16.3. The van der Waals surface area contributed by atoms with Gasteiger partial charge in [-0.25, -0.2) is 9.97 Å². The van der Waals surface area contributed by atoms with Gasteiger partial charge in [-0.1, -0.05) is 50.6 Å². The molecule has 0 saturated carbocycles. The molecular weight excluding hydrogens is 618 g/mol. The van der Waals surface area contributed by atoms with Crippen LogP contribution in [0.25, 0.3) is 22.3 Å². The molecule has 0 bridgehead atoms. The van der Waals surface area contributed by atoms with Crippen molar-refractivity contribution in [3.63, 3.8) is 0 Å². The Balaban J connectivity index is 0.00000442. The standard InChI is InChI=1S/C31H29ClF3N5O3.ClH/c1-30(2,3)29(43)36-14-17-7-10-24(32)23(11-17)28(42)37-20-8-9-22-25(13-20)38-26(39-27(22)40-15-21(41)16-40)18-5-4-6-19(12-18)31(33,34)35;/h4-13,21,41H,14-16H2,1-3H3,(H,36,43)(H,37,42);1H. The topological polar surface area (TPSA) is 107 Å². The number of aliphatic hydroxyl groups excluding tert-OH is 1. The fourth-order valence-corrected chi connectivity index (χ4v) is 4.73. The summed E-state index contributed by atoms with van der Waals surface area (Å²) >= 11 is 6.34. The number of nitrogens with one attached hydrogen (secondary N) is 2. The quantitative estimate of drug-likeness (QED) is 0.221. The minimum absolute atomic E-state index is 0. The first-order valence-corrected chi connectivity index (χ1v) is 13.9. The number of halogens is 5. The summed E-state index contributed by atoms with van der Waals surface area (Å²) in [6.45, 7) is 6.25. The molecule has 0 atom stereocenters. The molecule has 232 valence electrons. The molecule has 0 unspecified atom stereocenters. The third-order valence-electron chi connectivity index (χ3n) is 6.95. The Kier molecular flexibility index (Phi) is 9.43. The average molecular weight is 649 g/mol. The highest BCUT2D eigenvalue weighted by Crippen LogP contribution is 2.35. The predicted molar refractivity (Wildman–Crippen MR) is 166 cm³/mol. The molecule has 4 aromatic rings. The zero-order valence-electron chi connectivity index (χ0n) is 24.0. The molecule has 2 heterocycles. The van der Waals surface area contributed by atoms with Crippen molar-refractivity contribution in [3.8, 4) is 11.4 Å². The smallest absolute Gasteiger partial charge is 0.389 e. The maximum Gasteiger partial charge on any atom is 0.416 e. The van der Waals surface area contributed by atoms with Gasteiger partial charge in [-0.05, 0) is 48.0 Å². The zero-order chi connectivity index (χ0) is 31.1. The highest BCUT2D eigenvalue weighted by Gasteiger charge is 2.31. The highest BCUT2D eigenvalue weighted by atomic mass is 35.5. The van der Waals surface area contributed by atoms with Crippen LogP contribution in [0.5, 0.6) is 0 Å². The normalized spacial score (nSPS) is 13.7. The second kappa shape index (κ2) is 12.6. The van der Waals surface area contributed by atoms with Crippen LogP contribution in [0.4, 0.5) is 24.7 Å². The second-order valence-corrected chi connectivity index (χ2v) is 11.8. The van der Waals surface area contributed by atoms with Crippen molar-refractivity contribution < 1.29 is 27.9 Å². The van der Waals surface area contributed by atoms with Gasteiger partial charge in [-0.15, -0.1) is 12.4 Å². The van der Waals surface area contributed by atoms with Gasteiger partial charge in [0.25, 0.3) is 5.91 Å². The molecule has 1 fully saturated rings. The van der Waals surface area contributed by atoms with Crippen LogP contribution in [-0.2, 0) is 17.5 Å². The van der Waals surface area contributed by atoms with E-state index in [2.05, 4.69) is 20.6 Å². The fraction of sp³-hybridized carbons (Fsp3) is 0.290. The minimum atomic E-state index is -4.54. The lowest BCUT2D eigenvalue weighted by molar-refractivity contribution is -0.137. The number of carbonyl (C=O) groups excluding carboxylic acids is 2. The van der Waals surface area contributed by atoms with Crippen LogP contribution in [0.1, 0.15) is 42.3 Å². The number of amides is 2. The maximum absolute atomic E-state index is 13.4. The van der Waals surface area contributed by atoms with Crippen LogP contribution >= 0.6 is 24.0 Å². The van der Waals surface area contributed by atoms with Gasteiger partial charge in [0.15, 0.2) is 5.82 Å². The summed E-state index contributed by atoms with van der Waals surface area (Å²) in [7, 11) is 0. The lowest BCUT2D eigenvalue weighted by atomic mass is 9.95. The molecule has 1 saturated heterocycles. The molecule has 1 aromatic heterocycles. The molecule has 1 aliphatic heterocycles. The number of carbonyl (C=O) groups is 2. The van der Waals surface area contributed by atoms with Crippen molar-refractivity contribution in [1.82, 2.24) is 15.3 Å². The van der Waals surface area contributed by atoms with E-state index >= 15 is 0 Å². The first-order chi connectivity index (χ1) is 20.2. The second-order valence-electron chi connectivity index (χ2n) is 11.4. The molecule has 0 radical (unpaired) electrons. The lowest BCUT2D eigenvalue weighted by Gasteiger charge is -2.37. The number of aliphatic hydroxyl groups is 1. The summed E-state index contributed by atoms with van der Waals surface area (Å²) in [6, 6.07) is 14.6. The van der Waals surface area contributed by atoms with E-state index in [0.29, 0.717) is 41.1 Å². The van der Waals surface area contributed by atoms with E-state index in [4.69, 9.17) is 11.6 Å². The maximum atomic E-state index is 13.4. The summed E-state index contributed by atoms with van der Waals surface area (Å²) in [4.78, 5) is 36.4. The number of anilines is 2. The van der Waals surface area contributed by atoms with Crippen molar-refractivity contribution >= 4 is 58.2 Å². The number of benzene rings is 3. The first-order valence-electron chi connectivity index (χ1n) is 13.5. The predicted octanol–water partition coefficient (Wildman–Crippen LogP) is 6.49. The molecule has 5 rings (SSSR count). The monoisotopic (exact) mass is 647 g/mol. The van der Waals surface area contributed by atoms with Gasteiger partial charge < -0.3 is 20.6 Å². The largest absolute Gasteiger partial charge is 0.416 e. The van der Waals surface area contributed by atoms with Crippen molar-refractivity contribution in [1.29, 1.82) is 0 Å². The van der Waals surface area contributed by atoms with Crippen molar-refractivity contribution in [2.75, 3.05) is 23.3 Å². The van der Waals surface area contributed by atoms with Crippen molar-refractivity contribution in [3.05, 3.63) is 82.4 Å². The first kappa shape index (κ1) is 33.0. The lowest BCUT2D eigenvalue weighted by Crippen LogP contribution is -2.51. The van der Waals surface area contributed by atoms with Crippen LogP contribution in [0, 0.1) is 5.41 Å². The van der Waals surface area contributed by atoms with Gasteiger partial charge in [0.2, 0.25) is 5.91 Å². The molecule has 3 N–H and O–H groups in total. The van der Waals surface area contributed by atoms with Gasteiger partial charge in [-0.3, -0.25) is 9.59 Å². The van der Waals surface area contributed by atoms with Gasteiger partial charge in [0.1, 0.15) is 5.82 Å². The molecule has 1 aliphatic rings. The number of nitrogens with zero attached hydrogens (tertiary/aromatic N) is 3. The Morgan fingerprint density at radius 2 is 1.75 bits per heavy atom. The Bertz CT molecular complexity index is 1720. The number of aromatic nitrogens is 2. The Morgan fingerprint density at radius 1 is 1.02 bits per heavy atom. The van der Waals surface area contributed by atoms with Crippen LogP contribution in [0.2, 0.25) is 5.02 Å². The van der Waals surface area contributed by atoms with E-state index < -0.39 is 29.2 Å². The molecular formula is C31H30Cl2F3N5O3. The Hall–Kier alpha value is -3.93. The molecule has 0 aliphatic carbocycles. The average Bonchev–Trinajstić information content (AvgIpc) is 2.93. The molecule has 0 spiro atoms. The van der Waals surface area contributed by atoms with Crippen molar-refractivity contribution in [2.24, 2.45) is 5.41 Å². The summed E-state index contributed by atoms with van der Waals surface area (Å²) in [5.74, 6) is -0.0880. The van der Waals surface area contributed by atoms with Crippen LogP contribution < -0.4 is 15.5 Å². The van der Waals surface area contributed by atoms with E-state index in [1.165, 1.54) is 12.1 Å². The number of hydrogen-bond acceptors (Lipinski definition) is 6. The van der Waals surface area contributed by atoms with Gasteiger partial charge in [-0.2, -0.15) is 13.2 Å². The van der Waals surface area contributed by atoms with E-state index in [0.717, 1.165) is 12.1 Å². The summed E-state index contributed by atoms with van der Waals surface area (Å²) < 4.78 is 40.2. The van der Waals surface area contributed by atoms with Crippen LogP contribution in [-0.4, -0.2) is 46.1 Å². The molecule has 2 amide bonds. The third-order valence-corrected chi connectivity index (χ3v) is 7.28. The number of rotatable bonds is 6. The SMILES string of the molecule is CC(C)(C)C(=O)NCc1ccc(Cl)c(C(=O)Nc2ccc3c(N4CC(O)C4)nc(-c4cccc(C(F)(F)F)c4)nc3c2)c1.Cl. The molecule has 3 aromatic carbocycles. The highest BCUT2D eigenvalue weighted by molar-refractivity contribution is 6.34. The van der Waals surface area contributed by atoms with Crippen LogP contribution in [0.3, 0.4) is 0 Å². The summed E-state index contributed by atoms with van der Waals surface area (Å²) in [6.07, 6.45) is -5.08. The fourth-order valence-electron chi connectivity index (χ4n) is 4.53. The molecule has 8 nitrogen and oxygen atoms in total. The number of β-amino-alcohol motifs (C(OH)–C–C–N with tert-alkyl or cyclic N) is 1. The van der Waals surface area contributed by atoms with Crippen LogP contribution in [0.15, 0.2) is 60.7 Å². The minimum Gasteiger partial charge on any atom is -0.389 e. The third kappa shape index (κ3) is 7.23.